The quantitative estimate of drug-likeness (QED) is 0.296. The van der Waals surface area contributed by atoms with Gasteiger partial charge in [0.1, 0.15) is 5.75 Å². The fourth-order valence-electron chi connectivity index (χ4n) is 3.45. The molecular weight excluding hydrogens is 432 g/mol. The number of carbonyl (C=O) groups is 2. The highest BCUT2D eigenvalue weighted by Crippen LogP contribution is 2.22. The molecular formula is C27H30N2O3S. The van der Waals surface area contributed by atoms with E-state index < -0.39 is 11.2 Å². The molecule has 0 aliphatic rings. The molecule has 0 saturated heterocycles. The topological polar surface area (TPSA) is 81.3 Å². The van der Waals surface area contributed by atoms with E-state index >= 15 is 0 Å². The van der Waals surface area contributed by atoms with Gasteiger partial charge in [-0.2, -0.15) is 0 Å². The van der Waals surface area contributed by atoms with E-state index in [-0.39, 0.29) is 17.6 Å². The Morgan fingerprint density at radius 2 is 1.45 bits per heavy atom. The first-order valence-electron chi connectivity index (χ1n) is 11.2. The molecule has 3 rings (SSSR count). The largest absolute Gasteiger partial charge is 0.616 e. The summed E-state index contributed by atoms with van der Waals surface area (Å²) in [6.45, 7) is 0.530. The molecule has 33 heavy (non-hydrogen) atoms. The number of unbranched alkanes of at least 4 members (excludes halogenated alkanes) is 2. The van der Waals surface area contributed by atoms with Gasteiger partial charge in [0, 0.05) is 24.2 Å². The lowest BCUT2D eigenvalue weighted by atomic mass is 10.1. The highest BCUT2D eigenvalue weighted by Gasteiger charge is 2.13. The molecule has 0 bridgehead atoms. The molecule has 0 saturated carbocycles. The van der Waals surface area contributed by atoms with Crippen LogP contribution in [-0.4, -0.2) is 28.7 Å². The van der Waals surface area contributed by atoms with E-state index in [4.69, 9.17) is 0 Å². The third-order valence-electron chi connectivity index (χ3n) is 5.12. The lowest BCUT2D eigenvalue weighted by Crippen LogP contribution is -2.31. The van der Waals surface area contributed by atoms with Crippen molar-refractivity contribution in [3.05, 3.63) is 90.5 Å². The molecule has 1 unspecified atom stereocenters. The van der Waals surface area contributed by atoms with Crippen molar-refractivity contribution < 1.29 is 14.1 Å². The molecule has 6 heteroatoms. The summed E-state index contributed by atoms with van der Waals surface area (Å²) in [5, 5.41) is 5.78. The Balaban J connectivity index is 1.27. The van der Waals surface area contributed by atoms with Crippen LogP contribution >= 0.6 is 0 Å². The third-order valence-corrected chi connectivity index (χ3v) is 6.36. The monoisotopic (exact) mass is 462 g/mol. The first-order valence-corrected chi connectivity index (χ1v) is 12.7. The van der Waals surface area contributed by atoms with Gasteiger partial charge in [-0.25, -0.2) is 0 Å². The fourth-order valence-corrected chi connectivity index (χ4v) is 4.51. The van der Waals surface area contributed by atoms with Crippen LogP contribution in [0.5, 0.6) is 0 Å². The van der Waals surface area contributed by atoms with Gasteiger partial charge in [0.05, 0.1) is 0 Å². The van der Waals surface area contributed by atoms with Crippen molar-refractivity contribution in [2.75, 3.05) is 17.6 Å². The second-order valence-electron chi connectivity index (χ2n) is 7.87. The number of nitrogens with one attached hydrogen (secondary N) is 2. The van der Waals surface area contributed by atoms with Crippen molar-refractivity contribution in [1.82, 2.24) is 5.32 Å². The molecule has 0 heterocycles. The van der Waals surface area contributed by atoms with Crippen LogP contribution in [0.3, 0.4) is 0 Å². The number of hydrogen-bond donors (Lipinski definition) is 2. The summed E-state index contributed by atoms with van der Waals surface area (Å²) >= 11 is -1.21. The van der Waals surface area contributed by atoms with Gasteiger partial charge >= 0.3 is 0 Å². The summed E-state index contributed by atoms with van der Waals surface area (Å²) in [6, 6.07) is 27.4. The van der Waals surface area contributed by atoms with Crippen LogP contribution in [0.1, 0.15) is 31.2 Å². The Morgan fingerprint density at radius 3 is 2.21 bits per heavy atom. The molecule has 172 valence electrons. The van der Waals surface area contributed by atoms with Gasteiger partial charge in [-0.15, -0.1) is 0 Å². The molecule has 0 aromatic heterocycles. The number of benzene rings is 3. The molecule has 3 aromatic carbocycles. The van der Waals surface area contributed by atoms with Crippen molar-refractivity contribution in [2.45, 2.75) is 31.4 Å². The summed E-state index contributed by atoms with van der Waals surface area (Å²) in [5.41, 5.74) is 3.93. The molecule has 0 aliphatic carbocycles. The maximum atomic E-state index is 12.3. The number of hydrogen-bond acceptors (Lipinski definition) is 3. The summed E-state index contributed by atoms with van der Waals surface area (Å²) < 4.78 is 12.1. The Hall–Kier alpha value is -3.09. The maximum Gasteiger partial charge on any atom is 0.269 e. The smallest absolute Gasteiger partial charge is 0.269 e. The van der Waals surface area contributed by atoms with E-state index in [0.717, 1.165) is 41.6 Å². The van der Waals surface area contributed by atoms with Gasteiger partial charge in [-0.3, -0.25) is 9.59 Å². The lowest BCUT2D eigenvalue weighted by Gasteiger charge is -2.11. The number of carbonyl (C=O) groups excluding carboxylic acids is 2. The normalized spacial score (nSPS) is 11.5. The molecule has 0 radical (unpaired) electrons. The van der Waals surface area contributed by atoms with E-state index in [1.807, 2.05) is 84.9 Å². The fraction of sp³-hybridized carbons (Fsp3) is 0.259. The summed E-state index contributed by atoms with van der Waals surface area (Å²) in [4.78, 5) is 24.2. The van der Waals surface area contributed by atoms with Crippen LogP contribution in [0.4, 0.5) is 5.69 Å². The minimum absolute atomic E-state index is 0.0132. The van der Waals surface area contributed by atoms with Crippen LogP contribution in [0.15, 0.2) is 84.9 Å². The number of anilines is 1. The predicted molar refractivity (Wildman–Crippen MR) is 135 cm³/mol. The average molecular weight is 463 g/mol. The van der Waals surface area contributed by atoms with Crippen LogP contribution in [0.25, 0.3) is 11.1 Å². The highest BCUT2D eigenvalue weighted by atomic mass is 32.2. The average Bonchev–Trinajstić information content (AvgIpc) is 2.82. The zero-order valence-corrected chi connectivity index (χ0v) is 19.5. The summed E-state index contributed by atoms with van der Waals surface area (Å²) in [7, 11) is 0. The Kier molecular flexibility index (Phi) is 10.0. The molecule has 2 N–H and O–H groups in total. The first kappa shape index (κ1) is 24.6. The van der Waals surface area contributed by atoms with Gasteiger partial charge in [-0.1, -0.05) is 79.2 Å². The van der Waals surface area contributed by atoms with Gasteiger partial charge < -0.3 is 15.2 Å². The van der Waals surface area contributed by atoms with E-state index in [1.165, 1.54) is 0 Å². The van der Waals surface area contributed by atoms with Crippen molar-refractivity contribution in [1.29, 1.82) is 0 Å². The molecule has 0 fully saturated rings. The van der Waals surface area contributed by atoms with Crippen molar-refractivity contribution in [3.63, 3.8) is 0 Å². The molecule has 1 atom stereocenters. The number of amides is 2. The van der Waals surface area contributed by atoms with E-state index in [1.54, 1.807) is 0 Å². The minimum atomic E-state index is -1.21. The van der Waals surface area contributed by atoms with Gasteiger partial charge in [0.25, 0.3) is 5.91 Å². The Morgan fingerprint density at radius 1 is 0.758 bits per heavy atom. The summed E-state index contributed by atoms with van der Waals surface area (Å²) in [6.07, 6.45) is 2.81. The molecule has 2 amide bonds. The summed E-state index contributed by atoms with van der Waals surface area (Å²) in [5.74, 6) is 0.192. The van der Waals surface area contributed by atoms with Gasteiger partial charge in [-0.05, 0) is 47.3 Å². The first-order chi connectivity index (χ1) is 16.1. The van der Waals surface area contributed by atoms with Crippen LogP contribution in [0.2, 0.25) is 0 Å². The van der Waals surface area contributed by atoms with Crippen molar-refractivity contribution in [3.8, 4) is 11.1 Å². The van der Waals surface area contributed by atoms with E-state index in [0.29, 0.717) is 18.7 Å². The lowest BCUT2D eigenvalue weighted by molar-refractivity contribution is -0.119. The Bertz CT molecular complexity index is 1010. The van der Waals surface area contributed by atoms with E-state index in [9.17, 15) is 14.1 Å². The zero-order valence-electron chi connectivity index (χ0n) is 18.7. The van der Waals surface area contributed by atoms with Gasteiger partial charge in [0.15, 0.2) is 5.75 Å². The van der Waals surface area contributed by atoms with Crippen LogP contribution < -0.4 is 10.6 Å². The Labute approximate surface area is 198 Å². The molecule has 0 aliphatic heterocycles. The second-order valence-corrected chi connectivity index (χ2v) is 9.33. The standard InChI is InChI=1S/C27H30N2O3S/c30-26(29-25-16-10-15-24(19-25)23-13-6-2-7-14-23)17-8-3-9-18-28-27(31)21-33(32)20-22-11-4-1-5-12-22/h1-2,4-7,10-16,19H,3,8-9,17-18,20-21H2,(H,28,31)(H,29,30). The van der Waals surface area contributed by atoms with Crippen molar-refractivity contribution >= 4 is 28.7 Å². The molecule has 5 nitrogen and oxygen atoms in total. The molecule has 3 aromatic rings. The SMILES string of the molecule is O=C(C[S+]([O-])Cc1ccccc1)NCCCCCC(=O)Nc1cccc(-c2ccccc2)c1. The number of rotatable bonds is 12. The van der Waals surface area contributed by atoms with Crippen LogP contribution in [-0.2, 0) is 26.5 Å². The zero-order chi connectivity index (χ0) is 23.3. The van der Waals surface area contributed by atoms with Crippen molar-refractivity contribution in [2.24, 2.45) is 0 Å². The van der Waals surface area contributed by atoms with E-state index in [2.05, 4.69) is 10.6 Å². The minimum Gasteiger partial charge on any atom is -0.616 e. The second kappa shape index (κ2) is 13.5. The highest BCUT2D eigenvalue weighted by molar-refractivity contribution is 7.91. The third kappa shape index (κ3) is 9.12. The van der Waals surface area contributed by atoms with Crippen LogP contribution in [0, 0.1) is 0 Å². The van der Waals surface area contributed by atoms with Gasteiger partial charge in [0.2, 0.25) is 5.91 Å². The molecule has 0 spiro atoms. The predicted octanol–water partition coefficient (Wildman–Crippen LogP) is 4.92. The maximum absolute atomic E-state index is 12.3.